The van der Waals surface area contributed by atoms with Gasteiger partial charge in [-0.1, -0.05) is 46.3 Å². The summed E-state index contributed by atoms with van der Waals surface area (Å²) in [6.07, 6.45) is 4.59. The van der Waals surface area contributed by atoms with Crippen molar-refractivity contribution in [2.45, 2.75) is 19.3 Å². The number of amides is 1. The Morgan fingerprint density at radius 3 is 2.38 bits per heavy atom. The molecule has 5 heteroatoms. The number of rotatable bonds is 4. The fourth-order valence-corrected chi connectivity index (χ4v) is 3.61. The number of likely N-dealkylation sites (tertiary alicyclic amines) is 1. The monoisotopic (exact) mass is 409 g/mol. The van der Waals surface area contributed by atoms with Gasteiger partial charge in [-0.05, 0) is 37.1 Å². The highest BCUT2D eigenvalue weighted by Crippen LogP contribution is 2.26. The first-order chi connectivity index (χ1) is 12.7. The van der Waals surface area contributed by atoms with Crippen LogP contribution in [0.2, 0.25) is 0 Å². The molecule has 0 saturated carbocycles. The predicted octanol–water partition coefficient (Wildman–Crippen LogP) is 4.47. The predicted molar refractivity (Wildman–Crippen MR) is 106 cm³/mol. The Morgan fingerprint density at radius 1 is 1.00 bits per heavy atom. The van der Waals surface area contributed by atoms with Crippen molar-refractivity contribution in [3.63, 3.8) is 0 Å². The molecule has 4 rings (SSSR count). The quantitative estimate of drug-likeness (QED) is 0.637. The normalized spacial score (nSPS) is 14.0. The lowest BCUT2D eigenvalue weighted by atomic mass is 10.1. The van der Waals surface area contributed by atoms with Crippen LogP contribution in [0, 0.1) is 0 Å². The molecular weight excluding hydrogens is 390 g/mol. The van der Waals surface area contributed by atoms with Gasteiger partial charge >= 0.3 is 0 Å². The molecular formula is C21H20BrN3O. The molecule has 0 spiro atoms. The molecule has 0 atom stereocenters. The van der Waals surface area contributed by atoms with Crippen LogP contribution in [0.25, 0.3) is 16.9 Å². The number of carbonyl (C=O) groups is 1. The minimum Gasteiger partial charge on any atom is -0.342 e. The molecule has 0 radical (unpaired) electrons. The fourth-order valence-electron chi connectivity index (χ4n) is 3.34. The highest BCUT2D eigenvalue weighted by atomic mass is 79.9. The van der Waals surface area contributed by atoms with Crippen LogP contribution in [0.1, 0.15) is 18.4 Å². The Bertz CT molecular complexity index is 897. The van der Waals surface area contributed by atoms with E-state index in [2.05, 4.69) is 15.9 Å². The lowest BCUT2D eigenvalue weighted by Gasteiger charge is -2.14. The summed E-state index contributed by atoms with van der Waals surface area (Å²) in [4.78, 5) is 14.6. The zero-order valence-electron chi connectivity index (χ0n) is 14.4. The third-order valence-corrected chi connectivity index (χ3v) is 5.26. The van der Waals surface area contributed by atoms with E-state index in [1.54, 1.807) is 0 Å². The van der Waals surface area contributed by atoms with Gasteiger partial charge in [0.2, 0.25) is 5.91 Å². The standard InChI is InChI=1S/C21H20BrN3O/c22-18-10-8-16(9-11-18)21-17(14-20(26)24-12-4-5-13-24)15-25(23-21)19-6-2-1-3-7-19/h1-3,6-11,15H,4-5,12-14H2. The molecule has 0 bridgehead atoms. The third kappa shape index (κ3) is 3.58. The number of hydrogen-bond donors (Lipinski definition) is 0. The zero-order valence-corrected chi connectivity index (χ0v) is 16.0. The lowest BCUT2D eigenvalue weighted by Crippen LogP contribution is -2.29. The molecule has 26 heavy (non-hydrogen) atoms. The molecule has 0 unspecified atom stereocenters. The van der Waals surface area contributed by atoms with Crippen LogP contribution in [-0.4, -0.2) is 33.7 Å². The van der Waals surface area contributed by atoms with E-state index in [1.165, 1.54) is 0 Å². The van der Waals surface area contributed by atoms with E-state index in [1.807, 2.05) is 70.4 Å². The van der Waals surface area contributed by atoms with E-state index in [0.29, 0.717) is 6.42 Å². The van der Waals surface area contributed by atoms with Gasteiger partial charge in [0.15, 0.2) is 0 Å². The van der Waals surface area contributed by atoms with Crippen LogP contribution in [0.4, 0.5) is 0 Å². The summed E-state index contributed by atoms with van der Waals surface area (Å²) in [5.74, 6) is 0.188. The Labute approximate surface area is 161 Å². The summed E-state index contributed by atoms with van der Waals surface area (Å²) < 4.78 is 2.89. The molecule has 1 aliphatic rings. The summed E-state index contributed by atoms with van der Waals surface area (Å²) in [5, 5.41) is 4.79. The second-order valence-electron chi connectivity index (χ2n) is 6.55. The molecule has 1 aromatic heterocycles. The van der Waals surface area contributed by atoms with Gasteiger partial charge in [0.05, 0.1) is 17.8 Å². The summed E-state index contributed by atoms with van der Waals surface area (Å²) >= 11 is 3.48. The first-order valence-electron chi connectivity index (χ1n) is 8.88. The van der Waals surface area contributed by atoms with Crippen LogP contribution < -0.4 is 0 Å². The van der Waals surface area contributed by atoms with E-state index in [9.17, 15) is 4.79 Å². The van der Waals surface area contributed by atoms with Crippen LogP contribution in [0.3, 0.4) is 0 Å². The molecule has 1 saturated heterocycles. The Hall–Kier alpha value is -2.40. The highest BCUT2D eigenvalue weighted by Gasteiger charge is 2.21. The van der Waals surface area contributed by atoms with Crippen molar-refractivity contribution in [2.75, 3.05) is 13.1 Å². The van der Waals surface area contributed by atoms with Gasteiger partial charge < -0.3 is 4.90 Å². The average molecular weight is 410 g/mol. The van der Waals surface area contributed by atoms with Gasteiger partial charge in [-0.15, -0.1) is 0 Å². The molecule has 2 aromatic carbocycles. The van der Waals surface area contributed by atoms with Crippen LogP contribution >= 0.6 is 15.9 Å². The van der Waals surface area contributed by atoms with Crippen molar-refractivity contribution in [2.24, 2.45) is 0 Å². The topological polar surface area (TPSA) is 38.1 Å². The molecule has 1 amide bonds. The van der Waals surface area contributed by atoms with E-state index >= 15 is 0 Å². The number of carbonyl (C=O) groups excluding carboxylic acids is 1. The number of para-hydroxylation sites is 1. The van der Waals surface area contributed by atoms with Gasteiger partial charge in [-0.3, -0.25) is 4.79 Å². The SMILES string of the molecule is O=C(Cc1cn(-c2ccccc2)nc1-c1ccc(Br)cc1)N1CCCC1. The largest absolute Gasteiger partial charge is 0.342 e. The van der Waals surface area contributed by atoms with Crippen molar-refractivity contribution in [3.8, 4) is 16.9 Å². The Balaban J connectivity index is 1.71. The van der Waals surface area contributed by atoms with Crippen molar-refractivity contribution < 1.29 is 4.79 Å². The number of halogens is 1. The molecule has 3 aromatic rings. The fraction of sp³-hybridized carbons (Fsp3) is 0.238. The summed E-state index contributed by atoms with van der Waals surface area (Å²) in [6.45, 7) is 1.75. The van der Waals surface area contributed by atoms with Crippen LogP contribution in [-0.2, 0) is 11.2 Å². The van der Waals surface area contributed by atoms with Crippen LogP contribution in [0.5, 0.6) is 0 Å². The Morgan fingerprint density at radius 2 is 1.69 bits per heavy atom. The number of nitrogens with zero attached hydrogens (tertiary/aromatic N) is 3. The molecule has 1 fully saturated rings. The molecule has 4 nitrogen and oxygen atoms in total. The number of benzene rings is 2. The minimum atomic E-state index is 0.188. The second kappa shape index (κ2) is 7.46. The van der Waals surface area contributed by atoms with Gasteiger partial charge in [0.25, 0.3) is 0 Å². The third-order valence-electron chi connectivity index (χ3n) is 4.73. The van der Waals surface area contributed by atoms with Crippen molar-refractivity contribution in [1.82, 2.24) is 14.7 Å². The van der Waals surface area contributed by atoms with E-state index < -0.39 is 0 Å². The molecule has 0 aliphatic carbocycles. The number of hydrogen-bond acceptors (Lipinski definition) is 2. The summed E-state index contributed by atoms with van der Waals surface area (Å²) in [5.41, 5.74) is 3.85. The second-order valence-corrected chi connectivity index (χ2v) is 7.47. The van der Waals surface area contributed by atoms with Gasteiger partial charge in [-0.25, -0.2) is 4.68 Å². The smallest absolute Gasteiger partial charge is 0.227 e. The molecule has 0 N–H and O–H groups in total. The van der Waals surface area contributed by atoms with E-state index in [0.717, 1.165) is 52.9 Å². The van der Waals surface area contributed by atoms with Gasteiger partial charge in [-0.2, -0.15) is 5.10 Å². The van der Waals surface area contributed by atoms with Crippen LogP contribution in [0.15, 0.2) is 65.3 Å². The molecule has 132 valence electrons. The first-order valence-corrected chi connectivity index (χ1v) is 9.68. The lowest BCUT2D eigenvalue weighted by molar-refractivity contribution is -0.129. The van der Waals surface area contributed by atoms with Crippen molar-refractivity contribution in [3.05, 3.63) is 70.8 Å². The maximum atomic E-state index is 12.7. The number of aromatic nitrogens is 2. The van der Waals surface area contributed by atoms with E-state index in [4.69, 9.17) is 5.10 Å². The van der Waals surface area contributed by atoms with Gasteiger partial charge in [0.1, 0.15) is 0 Å². The Kier molecular flexibility index (Phi) is 4.89. The maximum Gasteiger partial charge on any atom is 0.227 e. The summed E-state index contributed by atoms with van der Waals surface area (Å²) in [6, 6.07) is 18.1. The molecule has 2 heterocycles. The maximum absolute atomic E-state index is 12.7. The van der Waals surface area contributed by atoms with Crippen molar-refractivity contribution in [1.29, 1.82) is 0 Å². The van der Waals surface area contributed by atoms with Gasteiger partial charge in [0, 0.05) is 34.9 Å². The zero-order chi connectivity index (χ0) is 17.9. The van der Waals surface area contributed by atoms with E-state index in [-0.39, 0.29) is 5.91 Å². The van der Waals surface area contributed by atoms with Crippen molar-refractivity contribution >= 4 is 21.8 Å². The molecule has 1 aliphatic heterocycles. The highest BCUT2D eigenvalue weighted by molar-refractivity contribution is 9.10. The minimum absolute atomic E-state index is 0.188. The summed E-state index contributed by atoms with van der Waals surface area (Å²) in [7, 11) is 0. The first kappa shape index (κ1) is 17.0. The average Bonchev–Trinajstić information content (AvgIpc) is 3.33.